The molecule has 2 aromatic rings. The summed E-state index contributed by atoms with van der Waals surface area (Å²) in [5.74, 6) is 1.36. The van der Waals surface area contributed by atoms with Gasteiger partial charge in [-0.1, -0.05) is 0 Å². The molecule has 0 aromatic carbocycles. The van der Waals surface area contributed by atoms with Crippen molar-refractivity contribution in [3.05, 3.63) is 36.5 Å². The minimum Gasteiger partial charge on any atom is -0.352 e. The van der Waals surface area contributed by atoms with Crippen molar-refractivity contribution in [1.82, 2.24) is 30.2 Å². The first-order chi connectivity index (χ1) is 13.1. The van der Waals surface area contributed by atoms with E-state index in [1.807, 2.05) is 20.2 Å². The number of rotatable bonds is 7. The Bertz CT molecular complexity index is 714. The highest BCUT2D eigenvalue weighted by molar-refractivity contribution is 5.91. The summed E-state index contributed by atoms with van der Waals surface area (Å²) < 4.78 is 0. The van der Waals surface area contributed by atoms with Gasteiger partial charge in [0.25, 0.3) is 5.91 Å². The van der Waals surface area contributed by atoms with Crippen LogP contribution in [0.3, 0.4) is 0 Å². The van der Waals surface area contributed by atoms with E-state index in [4.69, 9.17) is 0 Å². The van der Waals surface area contributed by atoms with Crippen LogP contribution in [0, 0.1) is 0 Å². The third-order valence-corrected chi connectivity index (χ3v) is 4.38. The lowest BCUT2D eigenvalue weighted by molar-refractivity contribution is 0.0947. The van der Waals surface area contributed by atoms with Gasteiger partial charge in [0.05, 0.1) is 12.4 Å². The summed E-state index contributed by atoms with van der Waals surface area (Å²) in [5.41, 5.74) is 0.347. The van der Waals surface area contributed by atoms with E-state index in [1.54, 1.807) is 24.8 Å². The van der Waals surface area contributed by atoms with Crippen LogP contribution in [0.4, 0.5) is 11.8 Å². The van der Waals surface area contributed by atoms with Gasteiger partial charge in [0.2, 0.25) is 5.95 Å². The molecule has 0 atom stereocenters. The molecule has 1 aliphatic rings. The number of piperazine rings is 1. The Morgan fingerprint density at radius 3 is 2.37 bits per heavy atom. The lowest BCUT2D eigenvalue weighted by atomic mass is 10.3. The Labute approximate surface area is 159 Å². The van der Waals surface area contributed by atoms with Gasteiger partial charge in [0.1, 0.15) is 11.5 Å². The number of carbonyl (C=O) groups excluding carboxylic acids is 1. The first kappa shape index (κ1) is 19.0. The summed E-state index contributed by atoms with van der Waals surface area (Å²) in [5, 5.41) is 2.88. The van der Waals surface area contributed by atoms with E-state index in [0.717, 1.165) is 50.9 Å². The van der Waals surface area contributed by atoms with Crippen molar-refractivity contribution in [2.24, 2.45) is 0 Å². The first-order valence-electron chi connectivity index (χ1n) is 9.15. The third-order valence-electron chi connectivity index (χ3n) is 4.38. The summed E-state index contributed by atoms with van der Waals surface area (Å²) in [6.07, 6.45) is 7.63. The molecule has 0 bridgehead atoms. The lowest BCUT2D eigenvalue weighted by Gasteiger charge is -2.35. The number of carbonyl (C=O) groups is 1. The number of aromatic nitrogens is 4. The molecule has 0 radical (unpaired) electrons. The highest BCUT2D eigenvalue weighted by Crippen LogP contribution is 2.15. The van der Waals surface area contributed by atoms with Crippen LogP contribution in [0.1, 0.15) is 16.9 Å². The molecule has 0 saturated carbocycles. The number of nitrogens with zero attached hydrogens (tertiary/aromatic N) is 7. The smallest absolute Gasteiger partial charge is 0.271 e. The van der Waals surface area contributed by atoms with Gasteiger partial charge < -0.3 is 20.0 Å². The van der Waals surface area contributed by atoms with E-state index in [1.165, 1.54) is 0 Å². The maximum absolute atomic E-state index is 12.1. The van der Waals surface area contributed by atoms with Gasteiger partial charge in [0.15, 0.2) is 0 Å². The Hall–Kier alpha value is -2.81. The summed E-state index contributed by atoms with van der Waals surface area (Å²) in [6.45, 7) is 4.82. The van der Waals surface area contributed by atoms with Crippen LogP contribution in [0.5, 0.6) is 0 Å². The number of hydrogen-bond acceptors (Lipinski definition) is 8. The normalized spacial score (nSPS) is 14.5. The highest BCUT2D eigenvalue weighted by atomic mass is 16.1. The van der Waals surface area contributed by atoms with Crippen molar-refractivity contribution in [2.75, 3.05) is 63.2 Å². The third kappa shape index (κ3) is 5.33. The van der Waals surface area contributed by atoms with Crippen molar-refractivity contribution in [2.45, 2.75) is 6.42 Å². The molecule has 9 nitrogen and oxygen atoms in total. The fourth-order valence-electron chi connectivity index (χ4n) is 2.88. The average molecular weight is 370 g/mol. The predicted molar refractivity (Wildman–Crippen MR) is 104 cm³/mol. The molecule has 1 N–H and O–H groups in total. The molecule has 1 amide bonds. The van der Waals surface area contributed by atoms with E-state index in [0.29, 0.717) is 12.2 Å². The molecular weight excluding hydrogens is 344 g/mol. The van der Waals surface area contributed by atoms with Crippen molar-refractivity contribution >= 4 is 17.7 Å². The van der Waals surface area contributed by atoms with Crippen molar-refractivity contribution < 1.29 is 4.79 Å². The second-order valence-corrected chi connectivity index (χ2v) is 6.70. The second-order valence-electron chi connectivity index (χ2n) is 6.70. The van der Waals surface area contributed by atoms with Crippen LogP contribution in [0.25, 0.3) is 0 Å². The molecule has 9 heteroatoms. The topological polar surface area (TPSA) is 90.4 Å². The molecule has 27 heavy (non-hydrogen) atoms. The minimum absolute atomic E-state index is 0.182. The Morgan fingerprint density at radius 1 is 1.04 bits per heavy atom. The van der Waals surface area contributed by atoms with Gasteiger partial charge >= 0.3 is 0 Å². The SMILES string of the molecule is CN(C)CCCNC(=O)c1cnc(N2CCN(c3ncccn3)CC2)cn1. The zero-order valence-corrected chi connectivity index (χ0v) is 15.9. The lowest BCUT2D eigenvalue weighted by Crippen LogP contribution is -2.47. The van der Waals surface area contributed by atoms with Crippen LogP contribution in [0.15, 0.2) is 30.9 Å². The molecule has 1 aliphatic heterocycles. The molecular formula is C18H26N8O. The average Bonchev–Trinajstić information content (AvgIpc) is 2.72. The molecule has 1 saturated heterocycles. The second kappa shape index (κ2) is 9.22. The van der Waals surface area contributed by atoms with E-state index in [-0.39, 0.29) is 5.91 Å². The van der Waals surface area contributed by atoms with Gasteiger partial charge in [-0.05, 0) is 33.1 Å². The number of hydrogen-bond donors (Lipinski definition) is 1. The first-order valence-corrected chi connectivity index (χ1v) is 9.15. The maximum Gasteiger partial charge on any atom is 0.271 e. The fourth-order valence-corrected chi connectivity index (χ4v) is 2.88. The molecule has 1 fully saturated rings. The summed E-state index contributed by atoms with van der Waals surface area (Å²) >= 11 is 0. The Kier molecular flexibility index (Phi) is 6.48. The number of amides is 1. The Morgan fingerprint density at radius 2 is 1.74 bits per heavy atom. The van der Waals surface area contributed by atoms with Gasteiger partial charge in [0, 0.05) is 45.1 Å². The molecule has 3 heterocycles. The van der Waals surface area contributed by atoms with Crippen molar-refractivity contribution in [3.8, 4) is 0 Å². The van der Waals surface area contributed by atoms with E-state index in [9.17, 15) is 4.79 Å². The monoisotopic (exact) mass is 370 g/mol. The largest absolute Gasteiger partial charge is 0.352 e. The van der Waals surface area contributed by atoms with Gasteiger partial charge in [-0.3, -0.25) is 4.79 Å². The van der Waals surface area contributed by atoms with Gasteiger partial charge in [-0.15, -0.1) is 0 Å². The standard InChI is InChI=1S/C18H26N8O/c1-24(2)8-4-7-19-17(27)15-13-23-16(14-22-15)25-9-11-26(12-10-25)18-20-5-3-6-21-18/h3,5-6,13-14H,4,7-12H2,1-2H3,(H,19,27). The molecule has 0 unspecified atom stereocenters. The summed E-state index contributed by atoms with van der Waals surface area (Å²) in [7, 11) is 4.03. The molecule has 144 valence electrons. The molecule has 0 spiro atoms. The van der Waals surface area contributed by atoms with E-state index in [2.05, 4.69) is 40.0 Å². The fraction of sp³-hybridized carbons (Fsp3) is 0.500. The van der Waals surface area contributed by atoms with Crippen LogP contribution in [-0.2, 0) is 0 Å². The minimum atomic E-state index is -0.182. The van der Waals surface area contributed by atoms with Crippen LogP contribution in [-0.4, -0.2) is 84.1 Å². The summed E-state index contributed by atoms with van der Waals surface area (Å²) in [6, 6.07) is 1.81. The van der Waals surface area contributed by atoms with Crippen LogP contribution >= 0.6 is 0 Å². The van der Waals surface area contributed by atoms with Crippen LogP contribution in [0.2, 0.25) is 0 Å². The van der Waals surface area contributed by atoms with Crippen LogP contribution < -0.4 is 15.1 Å². The molecule has 0 aliphatic carbocycles. The van der Waals surface area contributed by atoms with Gasteiger partial charge in [-0.2, -0.15) is 0 Å². The van der Waals surface area contributed by atoms with Crippen molar-refractivity contribution in [1.29, 1.82) is 0 Å². The molecule has 2 aromatic heterocycles. The molecule has 3 rings (SSSR count). The van der Waals surface area contributed by atoms with Crippen molar-refractivity contribution in [3.63, 3.8) is 0 Å². The van der Waals surface area contributed by atoms with E-state index >= 15 is 0 Å². The Balaban J connectivity index is 1.48. The summed E-state index contributed by atoms with van der Waals surface area (Å²) in [4.78, 5) is 35.8. The zero-order valence-electron chi connectivity index (χ0n) is 15.9. The highest BCUT2D eigenvalue weighted by Gasteiger charge is 2.20. The number of nitrogens with one attached hydrogen (secondary N) is 1. The maximum atomic E-state index is 12.1. The number of anilines is 2. The van der Waals surface area contributed by atoms with E-state index < -0.39 is 0 Å². The zero-order chi connectivity index (χ0) is 19.1. The van der Waals surface area contributed by atoms with Gasteiger partial charge in [-0.25, -0.2) is 19.9 Å². The quantitative estimate of drug-likeness (QED) is 0.695. The predicted octanol–water partition coefficient (Wildman–Crippen LogP) is 0.275.